The predicted octanol–water partition coefficient (Wildman–Crippen LogP) is 2.56. The van der Waals surface area contributed by atoms with Gasteiger partial charge in [0.1, 0.15) is 0 Å². The van der Waals surface area contributed by atoms with Gasteiger partial charge in [0.2, 0.25) is 0 Å². The highest BCUT2D eigenvalue weighted by Crippen LogP contribution is 2.11. The summed E-state index contributed by atoms with van der Waals surface area (Å²) in [4.78, 5) is 9.10. The van der Waals surface area contributed by atoms with E-state index in [2.05, 4.69) is 39.8 Å². The minimum atomic E-state index is 0. The van der Waals surface area contributed by atoms with Crippen LogP contribution in [0.1, 0.15) is 37.4 Å². The normalized spacial score (nSPS) is 18.4. The van der Waals surface area contributed by atoms with E-state index in [-0.39, 0.29) is 24.0 Å². The third-order valence-corrected chi connectivity index (χ3v) is 4.21. The van der Waals surface area contributed by atoms with Gasteiger partial charge in [0.25, 0.3) is 0 Å². The molecular weight excluding hydrogens is 399 g/mol. The molecule has 5 nitrogen and oxygen atoms in total. The number of halogens is 1. The second-order valence-corrected chi connectivity index (χ2v) is 5.74. The van der Waals surface area contributed by atoms with Gasteiger partial charge in [-0.3, -0.25) is 0 Å². The first-order valence-corrected chi connectivity index (χ1v) is 8.26. The van der Waals surface area contributed by atoms with E-state index in [0.29, 0.717) is 12.6 Å². The molecular formula is C14H25IN4OS. The highest BCUT2D eigenvalue weighted by atomic mass is 127. The number of hydrogen-bond acceptors (Lipinski definition) is 4. The molecule has 7 heteroatoms. The maximum absolute atomic E-state index is 5.61. The molecule has 120 valence electrons. The van der Waals surface area contributed by atoms with Crippen LogP contribution in [0.25, 0.3) is 0 Å². The Kier molecular flexibility index (Phi) is 9.18. The summed E-state index contributed by atoms with van der Waals surface area (Å²) < 4.78 is 5.61. The van der Waals surface area contributed by atoms with Crippen molar-refractivity contribution in [2.75, 3.05) is 19.7 Å². The lowest BCUT2D eigenvalue weighted by atomic mass is 10.2. The number of rotatable bonds is 6. The molecule has 1 fully saturated rings. The lowest BCUT2D eigenvalue weighted by Crippen LogP contribution is -2.41. The molecule has 1 aromatic heterocycles. The van der Waals surface area contributed by atoms with Gasteiger partial charge in [-0.05, 0) is 26.2 Å². The van der Waals surface area contributed by atoms with Crippen molar-refractivity contribution in [2.24, 2.45) is 4.99 Å². The molecule has 21 heavy (non-hydrogen) atoms. The summed E-state index contributed by atoms with van der Waals surface area (Å²) in [6.07, 6.45) is 3.62. The molecule has 0 spiro atoms. The van der Waals surface area contributed by atoms with Crippen LogP contribution in [0.5, 0.6) is 0 Å². The molecule has 0 saturated carbocycles. The Morgan fingerprint density at radius 3 is 2.95 bits per heavy atom. The number of aromatic nitrogens is 1. The van der Waals surface area contributed by atoms with Crippen molar-refractivity contribution in [3.05, 3.63) is 16.1 Å². The van der Waals surface area contributed by atoms with Crippen LogP contribution in [0.2, 0.25) is 0 Å². The van der Waals surface area contributed by atoms with Crippen LogP contribution in [-0.4, -0.2) is 36.7 Å². The first kappa shape index (κ1) is 18.6. The SMILES string of the molecule is CCNC(=NCc1csc(CC)n1)NCC1CCCO1.I. The monoisotopic (exact) mass is 424 g/mol. The number of hydrogen-bond donors (Lipinski definition) is 2. The maximum atomic E-state index is 5.61. The first-order chi connectivity index (χ1) is 9.81. The molecule has 2 N–H and O–H groups in total. The van der Waals surface area contributed by atoms with Gasteiger partial charge in [-0.2, -0.15) is 0 Å². The van der Waals surface area contributed by atoms with E-state index in [1.54, 1.807) is 11.3 Å². The van der Waals surface area contributed by atoms with Crippen LogP contribution >= 0.6 is 35.3 Å². The number of guanidine groups is 1. The molecule has 1 aliphatic rings. The topological polar surface area (TPSA) is 58.5 Å². The first-order valence-electron chi connectivity index (χ1n) is 7.38. The van der Waals surface area contributed by atoms with Gasteiger partial charge in [-0.25, -0.2) is 9.98 Å². The predicted molar refractivity (Wildman–Crippen MR) is 98.7 cm³/mol. The Morgan fingerprint density at radius 1 is 1.48 bits per heavy atom. The molecule has 1 aliphatic heterocycles. The van der Waals surface area contributed by atoms with Crippen LogP contribution in [0, 0.1) is 0 Å². The van der Waals surface area contributed by atoms with Gasteiger partial charge in [-0.15, -0.1) is 35.3 Å². The Labute approximate surface area is 148 Å². The molecule has 1 atom stereocenters. The molecule has 1 unspecified atom stereocenters. The van der Waals surface area contributed by atoms with Crippen molar-refractivity contribution >= 4 is 41.3 Å². The standard InChI is InChI=1S/C14H24N4OS.HI/c1-3-13-18-11(10-20-13)8-16-14(15-4-2)17-9-12-6-5-7-19-12;/h10,12H,3-9H2,1-2H3,(H2,15,16,17);1H. The molecule has 0 bridgehead atoms. The molecule has 2 rings (SSSR count). The van der Waals surface area contributed by atoms with Gasteiger partial charge in [-0.1, -0.05) is 6.92 Å². The summed E-state index contributed by atoms with van der Waals surface area (Å²) in [5.41, 5.74) is 1.04. The lowest BCUT2D eigenvalue weighted by Gasteiger charge is -2.14. The smallest absolute Gasteiger partial charge is 0.191 e. The maximum Gasteiger partial charge on any atom is 0.191 e. The summed E-state index contributed by atoms with van der Waals surface area (Å²) in [5.74, 6) is 0.842. The summed E-state index contributed by atoms with van der Waals surface area (Å²) in [6.45, 7) is 7.38. The Morgan fingerprint density at radius 2 is 2.33 bits per heavy atom. The summed E-state index contributed by atoms with van der Waals surface area (Å²) >= 11 is 1.71. The summed E-state index contributed by atoms with van der Waals surface area (Å²) in [7, 11) is 0. The largest absolute Gasteiger partial charge is 0.376 e. The number of nitrogens with one attached hydrogen (secondary N) is 2. The van der Waals surface area contributed by atoms with E-state index in [9.17, 15) is 0 Å². The van der Waals surface area contributed by atoms with Gasteiger partial charge >= 0.3 is 0 Å². The Bertz CT molecular complexity index is 432. The molecule has 0 aromatic carbocycles. The third-order valence-electron chi connectivity index (χ3n) is 3.17. The average molecular weight is 424 g/mol. The second kappa shape index (κ2) is 10.3. The fourth-order valence-corrected chi connectivity index (χ4v) is 2.84. The summed E-state index contributed by atoms with van der Waals surface area (Å²) in [6, 6.07) is 0. The number of ether oxygens (including phenoxy) is 1. The number of nitrogens with zero attached hydrogens (tertiary/aromatic N) is 2. The molecule has 0 radical (unpaired) electrons. The van der Waals surface area contributed by atoms with E-state index in [1.165, 1.54) is 11.4 Å². The zero-order valence-electron chi connectivity index (χ0n) is 12.7. The third kappa shape index (κ3) is 6.48. The zero-order valence-corrected chi connectivity index (χ0v) is 15.9. The zero-order chi connectivity index (χ0) is 14.2. The molecule has 0 aliphatic carbocycles. The highest BCUT2D eigenvalue weighted by Gasteiger charge is 2.15. The minimum absolute atomic E-state index is 0. The molecule has 2 heterocycles. The second-order valence-electron chi connectivity index (χ2n) is 4.80. The van der Waals surface area contributed by atoms with Crippen molar-refractivity contribution < 1.29 is 4.74 Å². The van der Waals surface area contributed by atoms with E-state index in [0.717, 1.165) is 44.2 Å². The van der Waals surface area contributed by atoms with Crippen LogP contribution in [0.4, 0.5) is 0 Å². The minimum Gasteiger partial charge on any atom is -0.376 e. The van der Waals surface area contributed by atoms with Gasteiger partial charge in [0.05, 0.1) is 23.4 Å². The van der Waals surface area contributed by atoms with Crippen molar-refractivity contribution in [2.45, 2.75) is 45.8 Å². The van der Waals surface area contributed by atoms with Crippen molar-refractivity contribution in [1.82, 2.24) is 15.6 Å². The van der Waals surface area contributed by atoms with Gasteiger partial charge in [0, 0.05) is 25.1 Å². The van der Waals surface area contributed by atoms with E-state index in [1.807, 2.05) is 0 Å². The van der Waals surface area contributed by atoms with Crippen LogP contribution in [0.15, 0.2) is 10.4 Å². The van der Waals surface area contributed by atoms with E-state index in [4.69, 9.17) is 4.74 Å². The fourth-order valence-electron chi connectivity index (χ4n) is 2.10. The molecule has 1 aromatic rings. The molecule has 0 amide bonds. The Hall–Kier alpha value is -0.410. The fraction of sp³-hybridized carbons (Fsp3) is 0.714. The van der Waals surface area contributed by atoms with Crippen molar-refractivity contribution in [3.8, 4) is 0 Å². The van der Waals surface area contributed by atoms with Gasteiger partial charge < -0.3 is 15.4 Å². The van der Waals surface area contributed by atoms with Gasteiger partial charge in [0.15, 0.2) is 5.96 Å². The van der Waals surface area contributed by atoms with E-state index < -0.39 is 0 Å². The number of aliphatic imine (C=N–C) groups is 1. The van der Waals surface area contributed by atoms with Crippen LogP contribution < -0.4 is 10.6 Å². The highest BCUT2D eigenvalue weighted by molar-refractivity contribution is 14.0. The number of aryl methyl sites for hydroxylation is 1. The van der Waals surface area contributed by atoms with E-state index >= 15 is 0 Å². The van der Waals surface area contributed by atoms with Crippen LogP contribution in [0.3, 0.4) is 0 Å². The average Bonchev–Trinajstić information content (AvgIpc) is 3.13. The quantitative estimate of drug-likeness (QED) is 0.419. The van der Waals surface area contributed by atoms with Crippen LogP contribution in [-0.2, 0) is 17.7 Å². The van der Waals surface area contributed by atoms with Crippen molar-refractivity contribution in [3.63, 3.8) is 0 Å². The lowest BCUT2D eigenvalue weighted by molar-refractivity contribution is 0.114. The molecule has 1 saturated heterocycles. The van der Waals surface area contributed by atoms with Crippen molar-refractivity contribution in [1.29, 1.82) is 0 Å². The Balaban J connectivity index is 0.00000220. The number of thiazole rings is 1. The summed E-state index contributed by atoms with van der Waals surface area (Å²) in [5, 5.41) is 9.86.